The minimum absolute atomic E-state index is 0.139. The Morgan fingerprint density at radius 1 is 0.275 bits per heavy atom. The van der Waals surface area contributed by atoms with Gasteiger partial charge in [-0.2, -0.15) is 0 Å². The first-order valence-corrected chi connectivity index (χ1v) is 19.7. The average Bonchev–Trinajstić information content (AvgIpc) is 3.13. The molecule has 0 amide bonds. The van der Waals surface area contributed by atoms with Gasteiger partial charge in [-0.25, -0.2) is 0 Å². The highest BCUT2D eigenvalue weighted by molar-refractivity contribution is 5.69. The van der Waals surface area contributed by atoms with Crippen LogP contribution in [0.4, 0.5) is 0 Å². The molecule has 0 aliphatic rings. The lowest BCUT2D eigenvalue weighted by Gasteiger charge is -2.09. The zero-order valence-corrected chi connectivity index (χ0v) is 32.3. The SMILES string of the molecule is CCCCCCCCCCCC(=O)OCCOCCOCCOCCOCCOCCOCCOCCOCCOCCOC(=O)CCCCC. The molecule has 0 radical (unpaired) electrons. The van der Waals surface area contributed by atoms with Gasteiger partial charge in [0.25, 0.3) is 0 Å². The molecule has 0 aromatic carbocycles. The molecule has 0 aliphatic carbocycles. The van der Waals surface area contributed by atoms with E-state index in [2.05, 4.69) is 13.8 Å². The number of carbonyl (C=O) groups excluding carboxylic acids is 2. The van der Waals surface area contributed by atoms with Crippen LogP contribution in [-0.4, -0.2) is 144 Å². The van der Waals surface area contributed by atoms with E-state index in [1.54, 1.807) is 0 Å². The summed E-state index contributed by atoms with van der Waals surface area (Å²) in [6.07, 6.45) is 15.1. The van der Waals surface area contributed by atoms with Crippen molar-refractivity contribution in [3.8, 4) is 0 Å². The van der Waals surface area contributed by atoms with Crippen LogP contribution in [0.3, 0.4) is 0 Å². The lowest BCUT2D eigenvalue weighted by molar-refractivity contribution is -0.146. The number of hydrogen-bond donors (Lipinski definition) is 0. The molecule has 304 valence electrons. The van der Waals surface area contributed by atoms with Gasteiger partial charge in [0.15, 0.2) is 0 Å². The van der Waals surface area contributed by atoms with E-state index in [0.29, 0.717) is 132 Å². The Balaban J connectivity index is 3.13. The topological polar surface area (TPSA) is 136 Å². The highest BCUT2D eigenvalue weighted by atomic mass is 16.6. The van der Waals surface area contributed by atoms with Crippen LogP contribution in [-0.2, 0) is 61.7 Å². The van der Waals surface area contributed by atoms with Crippen molar-refractivity contribution in [2.75, 3.05) is 132 Å². The zero-order chi connectivity index (χ0) is 37.0. The highest BCUT2D eigenvalue weighted by Crippen LogP contribution is 2.10. The van der Waals surface area contributed by atoms with Crippen LogP contribution in [0.15, 0.2) is 0 Å². The fourth-order valence-electron chi connectivity index (χ4n) is 4.53. The molecule has 13 nitrogen and oxygen atoms in total. The van der Waals surface area contributed by atoms with Gasteiger partial charge in [0, 0.05) is 12.8 Å². The number of carbonyl (C=O) groups is 2. The summed E-state index contributed by atoms with van der Waals surface area (Å²) in [4.78, 5) is 23.2. The van der Waals surface area contributed by atoms with Crippen LogP contribution >= 0.6 is 0 Å². The predicted molar refractivity (Wildman–Crippen MR) is 195 cm³/mol. The van der Waals surface area contributed by atoms with Gasteiger partial charge in [-0.1, -0.05) is 78.1 Å². The third kappa shape index (κ3) is 44.7. The molecule has 0 spiro atoms. The van der Waals surface area contributed by atoms with Crippen LogP contribution < -0.4 is 0 Å². The van der Waals surface area contributed by atoms with E-state index in [0.717, 1.165) is 32.1 Å². The van der Waals surface area contributed by atoms with Gasteiger partial charge in [0.2, 0.25) is 0 Å². The maximum absolute atomic E-state index is 11.8. The molecule has 0 rings (SSSR count). The zero-order valence-electron chi connectivity index (χ0n) is 32.3. The first kappa shape index (κ1) is 49.6. The van der Waals surface area contributed by atoms with Crippen LogP contribution in [0, 0.1) is 0 Å². The smallest absolute Gasteiger partial charge is 0.305 e. The van der Waals surface area contributed by atoms with Gasteiger partial charge in [-0.05, 0) is 12.8 Å². The van der Waals surface area contributed by atoms with Crippen molar-refractivity contribution < 1.29 is 61.7 Å². The van der Waals surface area contributed by atoms with Gasteiger partial charge < -0.3 is 52.1 Å². The molecule has 0 atom stereocenters. The molecule has 0 aromatic rings. The largest absolute Gasteiger partial charge is 0.463 e. The molecule has 0 bridgehead atoms. The van der Waals surface area contributed by atoms with Gasteiger partial charge >= 0.3 is 11.9 Å². The van der Waals surface area contributed by atoms with Crippen LogP contribution in [0.2, 0.25) is 0 Å². The standard InChI is InChI=1S/C38H74O13/c1-3-5-7-8-9-10-11-12-14-16-38(40)51-36-34-49-32-30-47-28-26-45-24-22-43-20-18-41-17-19-42-21-23-44-25-27-46-29-31-48-33-35-50-37(39)15-13-6-4-2/h3-36H2,1-2H3. The Hall–Kier alpha value is -1.42. The molecule has 0 fully saturated rings. The van der Waals surface area contributed by atoms with E-state index in [9.17, 15) is 9.59 Å². The van der Waals surface area contributed by atoms with Gasteiger partial charge in [0.05, 0.1) is 119 Å². The molecule has 0 N–H and O–H groups in total. The summed E-state index contributed by atoms with van der Waals surface area (Å²) in [5, 5.41) is 0. The lowest BCUT2D eigenvalue weighted by atomic mass is 10.1. The molecule has 0 heterocycles. The number of hydrogen-bond acceptors (Lipinski definition) is 13. The molecule has 0 unspecified atom stereocenters. The Kier molecular flexibility index (Phi) is 43.5. The first-order valence-electron chi connectivity index (χ1n) is 19.7. The highest BCUT2D eigenvalue weighted by Gasteiger charge is 2.04. The molecular formula is C38H74O13. The van der Waals surface area contributed by atoms with Crippen molar-refractivity contribution in [3.05, 3.63) is 0 Å². The number of unbranched alkanes of at least 4 members (excludes halogenated alkanes) is 10. The molecule has 0 aliphatic heterocycles. The molecular weight excluding hydrogens is 664 g/mol. The number of ether oxygens (including phenoxy) is 11. The summed E-state index contributed by atoms with van der Waals surface area (Å²) in [5.74, 6) is -0.300. The van der Waals surface area contributed by atoms with Crippen molar-refractivity contribution in [1.82, 2.24) is 0 Å². The maximum Gasteiger partial charge on any atom is 0.305 e. The maximum atomic E-state index is 11.8. The molecule has 0 saturated heterocycles. The fraction of sp³-hybridized carbons (Fsp3) is 0.947. The van der Waals surface area contributed by atoms with Crippen LogP contribution in [0.5, 0.6) is 0 Å². The third-order valence-electron chi connectivity index (χ3n) is 7.43. The lowest BCUT2D eigenvalue weighted by Crippen LogP contribution is -2.15. The third-order valence-corrected chi connectivity index (χ3v) is 7.43. The van der Waals surface area contributed by atoms with E-state index >= 15 is 0 Å². The Labute approximate surface area is 309 Å². The second-order valence-electron chi connectivity index (χ2n) is 12.0. The Morgan fingerprint density at radius 2 is 0.471 bits per heavy atom. The van der Waals surface area contributed by atoms with Gasteiger partial charge in [0.1, 0.15) is 13.2 Å². The summed E-state index contributed by atoms with van der Waals surface area (Å²) in [6.45, 7) is 13.4. The first-order chi connectivity index (χ1) is 25.2. The van der Waals surface area contributed by atoms with Crippen molar-refractivity contribution in [3.63, 3.8) is 0 Å². The second kappa shape index (κ2) is 44.7. The van der Waals surface area contributed by atoms with Gasteiger partial charge in [-0.15, -0.1) is 0 Å². The van der Waals surface area contributed by atoms with Crippen molar-refractivity contribution in [2.24, 2.45) is 0 Å². The van der Waals surface area contributed by atoms with E-state index in [1.165, 1.54) is 44.9 Å². The summed E-state index contributed by atoms with van der Waals surface area (Å²) in [7, 11) is 0. The Bertz CT molecular complexity index is 699. The van der Waals surface area contributed by atoms with Gasteiger partial charge in [-0.3, -0.25) is 9.59 Å². The molecule has 0 aromatic heterocycles. The van der Waals surface area contributed by atoms with E-state index in [1.807, 2.05) is 0 Å². The molecule has 0 saturated carbocycles. The van der Waals surface area contributed by atoms with E-state index in [-0.39, 0.29) is 25.2 Å². The summed E-state index contributed by atoms with van der Waals surface area (Å²) in [6, 6.07) is 0. The molecule has 13 heteroatoms. The van der Waals surface area contributed by atoms with E-state index < -0.39 is 0 Å². The van der Waals surface area contributed by atoms with Crippen molar-refractivity contribution in [2.45, 2.75) is 104 Å². The van der Waals surface area contributed by atoms with Crippen molar-refractivity contribution in [1.29, 1.82) is 0 Å². The minimum Gasteiger partial charge on any atom is -0.463 e. The summed E-state index contributed by atoms with van der Waals surface area (Å²) in [5.41, 5.74) is 0. The quantitative estimate of drug-likeness (QED) is 0.0557. The second-order valence-corrected chi connectivity index (χ2v) is 12.0. The summed E-state index contributed by atoms with van der Waals surface area (Å²) >= 11 is 0. The minimum atomic E-state index is -0.161. The Morgan fingerprint density at radius 3 is 0.745 bits per heavy atom. The number of esters is 2. The normalized spacial score (nSPS) is 11.3. The number of rotatable bonds is 44. The average molecular weight is 739 g/mol. The monoisotopic (exact) mass is 739 g/mol. The van der Waals surface area contributed by atoms with Crippen LogP contribution in [0.1, 0.15) is 104 Å². The van der Waals surface area contributed by atoms with Crippen molar-refractivity contribution >= 4 is 11.9 Å². The predicted octanol–water partition coefficient (Wildman–Crippen LogP) is 5.72. The van der Waals surface area contributed by atoms with Crippen LogP contribution in [0.25, 0.3) is 0 Å². The molecule has 51 heavy (non-hydrogen) atoms. The fourth-order valence-corrected chi connectivity index (χ4v) is 4.53. The summed E-state index contributed by atoms with van der Waals surface area (Å²) < 4.78 is 59.5. The van der Waals surface area contributed by atoms with E-state index in [4.69, 9.17) is 52.1 Å².